The van der Waals surface area contributed by atoms with Crippen LogP contribution in [0.15, 0.2) is 18.2 Å². The number of methoxy groups -OCH3 is 1. The van der Waals surface area contributed by atoms with Gasteiger partial charge in [-0.3, -0.25) is 4.79 Å². The molecule has 0 aliphatic heterocycles. The van der Waals surface area contributed by atoms with Gasteiger partial charge in [-0.05, 0) is 93.2 Å². The zero-order chi connectivity index (χ0) is 16.9. The number of amides is 1. The molecule has 3 nitrogen and oxygen atoms in total. The van der Waals surface area contributed by atoms with Crippen LogP contribution in [-0.4, -0.2) is 19.1 Å². The number of carbonyl (C=O) groups is 1. The number of nitrogens with one attached hydrogen (secondary N) is 1. The summed E-state index contributed by atoms with van der Waals surface area (Å²) in [7, 11) is 1.64. The maximum absolute atomic E-state index is 12.6. The minimum absolute atomic E-state index is 0.0200. The Hall–Kier alpha value is -1.51. The van der Waals surface area contributed by atoms with Crippen LogP contribution in [0.5, 0.6) is 5.75 Å². The number of benzene rings is 1. The third-order valence-corrected chi connectivity index (χ3v) is 6.51. The first kappa shape index (κ1) is 16.0. The van der Waals surface area contributed by atoms with Crippen LogP contribution in [0.1, 0.15) is 68.3 Å². The van der Waals surface area contributed by atoms with E-state index in [-0.39, 0.29) is 11.9 Å². The molecule has 0 radical (unpaired) electrons. The Kier molecular flexibility index (Phi) is 3.85. The van der Waals surface area contributed by atoms with Gasteiger partial charge in [0.2, 0.25) is 0 Å². The first-order valence-electron chi connectivity index (χ1n) is 9.48. The zero-order valence-corrected chi connectivity index (χ0v) is 15.1. The van der Waals surface area contributed by atoms with Crippen LogP contribution in [0.4, 0.5) is 0 Å². The van der Waals surface area contributed by atoms with Crippen LogP contribution in [0.3, 0.4) is 0 Å². The number of rotatable bonds is 4. The topological polar surface area (TPSA) is 38.3 Å². The summed E-state index contributed by atoms with van der Waals surface area (Å²) in [4.78, 5) is 12.6. The molecule has 1 amide bonds. The molecule has 4 bridgehead atoms. The van der Waals surface area contributed by atoms with Crippen LogP contribution in [-0.2, 0) is 5.41 Å². The van der Waals surface area contributed by atoms with Gasteiger partial charge in [0, 0.05) is 6.04 Å². The molecule has 0 heterocycles. The van der Waals surface area contributed by atoms with E-state index in [0.29, 0.717) is 16.7 Å². The molecule has 3 heteroatoms. The highest BCUT2D eigenvalue weighted by atomic mass is 16.5. The number of ether oxygens (including phenoxy) is 1. The van der Waals surface area contributed by atoms with Crippen LogP contribution in [0.2, 0.25) is 0 Å². The molecule has 0 unspecified atom stereocenters. The highest BCUT2D eigenvalue weighted by Crippen LogP contribution is 2.60. The van der Waals surface area contributed by atoms with Crippen LogP contribution >= 0.6 is 0 Å². The van der Waals surface area contributed by atoms with Crippen molar-refractivity contribution < 1.29 is 9.53 Å². The molecule has 0 saturated heterocycles. The van der Waals surface area contributed by atoms with Gasteiger partial charge < -0.3 is 10.1 Å². The van der Waals surface area contributed by atoms with Crippen LogP contribution < -0.4 is 10.1 Å². The highest BCUT2D eigenvalue weighted by molar-refractivity contribution is 5.97. The normalized spacial score (nSPS) is 33.8. The first-order valence-corrected chi connectivity index (χ1v) is 9.48. The second-order valence-corrected chi connectivity index (χ2v) is 8.74. The van der Waals surface area contributed by atoms with E-state index in [9.17, 15) is 4.79 Å². The first-order chi connectivity index (χ1) is 11.5. The van der Waals surface area contributed by atoms with Gasteiger partial charge in [-0.2, -0.15) is 0 Å². The van der Waals surface area contributed by atoms with Gasteiger partial charge >= 0.3 is 0 Å². The molecular weight excluding hydrogens is 298 g/mol. The van der Waals surface area contributed by atoms with Crippen molar-refractivity contribution in [3.05, 3.63) is 29.3 Å². The van der Waals surface area contributed by atoms with E-state index in [0.717, 1.165) is 17.8 Å². The molecule has 4 aliphatic carbocycles. The Bertz CT molecular complexity index is 614. The van der Waals surface area contributed by atoms with Crippen LogP contribution in [0.25, 0.3) is 0 Å². The van der Waals surface area contributed by atoms with Gasteiger partial charge in [0.1, 0.15) is 5.75 Å². The standard InChI is InChI=1S/C21H29NO2/c1-13(2)22-20(23)18-9-17(4-5-19(18)24-3)21-10-14-6-15(11-21)8-16(7-14)12-21/h4-5,9,13-16H,6-8,10-12H2,1-3H3,(H,22,23). The van der Waals surface area contributed by atoms with Gasteiger partial charge in [0.05, 0.1) is 12.7 Å². The molecule has 0 spiro atoms. The quantitative estimate of drug-likeness (QED) is 0.895. The summed E-state index contributed by atoms with van der Waals surface area (Å²) in [5, 5.41) is 3.02. The average Bonchev–Trinajstić information content (AvgIpc) is 2.52. The van der Waals surface area contributed by atoms with Crippen molar-refractivity contribution in [3.63, 3.8) is 0 Å². The third kappa shape index (κ3) is 2.62. The predicted molar refractivity (Wildman–Crippen MR) is 95.4 cm³/mol. The molecule has 1 aromatic carbocycles. The number of hydrogen-bond donors (Lipinski definition) is 1. The Morgan fingerprint density at radius 3 is 2.21 bits per heavy atom. The molecule has 1 N–H and O–H groups in total. The van der Waals surface area contributed by atoms with Gasteiger partial charge in [0.15, 0.2) is 0 Å². The second kappa shape index (κ2) is 5.79. The van der Waals surface area contributed by atoms with E-state index in [1.54, 1.807) is 7.11 Å². The second-order valence-electron chi connectivity index (χ2n) is 8.74. The van der Waals surface area contributed by atoms with Gasteiger partial charge in [-0.25, -0.2) is 0 Å². The molecule has 24 heavy (non-hydrogen) atoms. The highest BCUT2D eigenvalue weighted by Gasteiger charge is 2.51. The van der Waals surface area contributed by atoms with Crippen molar-refractivity contribution in [2.45, 2.75) is 63.8 Å². The molecule has 0 atom stereocenters. The summed E-state index contributed by atoms with van der Waals surface area (Å²) in [6.45, 7) is 3.99. The van der Waals surface area contributed by atoms with Crippen molar-refractivity contribution in [2.24, 2.45) is 17.8 Å². The van der Waals surface area contributed by atoms with Crippen molar-refractivity contribution in [1.82, 2.24) is 5.32 Å². The molecule has 5 rings (SSSR count). The Balaban J connectivity index is 1.70. The van der Waals surface area contributed by atoms with Gasteiger partial charge in [-0.15, -0.1) is 0 Å². The van der Waals surface area contributed by atoms with E-state index in [2.05, 4.69) is 17.4 Å². The fourth-order valence-electron chi connectivity index (χ4n) is 6.02. The summed E-state index contributed by atoms with van der Waals surface area (Å²) in [5.74, 6) is 3.39. The average molecular weight is 327 g/mol. The minimum Gasteiger partial charge on any atom is -0.496 e. The zero-order valence-electron chi connectivity index (χ0n) is 15.1. The summed E-state index contributed by atoms with van der Waals surface area (Å²) in [6.07, 6.45) is 8.27. The summed E-state index contributed by atoms with van der Waals surface area (Å²) < 4.78 is 5.46. The van der Waals surface area contributed by atoms with E-state index in [1.165, 1.54) is 44.1 Å². The molecule has 4 aliphatic rings. The van der Waals surface area contributed by atoms with Gasteiger partial charge in [-0.1, -0.05) is 6.07 Å². The van der Waals surface area contributed by atoms with E-state index in [4.69, 9.17) is 4.74 Å². The van der Waals surface area contributed by atoms with Crippen molar-refractivity contribution in [1.29, 1.82) is 0 Å². The van der Waals surface area contributed by atoms with Crippen molar-refractivity contribution >= 4 is 5.91 Å². The lowest BCUT2D eigenvalue weighted by molar-refractivity contribution is -0.00522. The third-order valence-electron chi connectivity index (χ3n) is 6.51. The summed E-state index contributed by atoms with van der Waals surface area (Å²) in [5.41, 5.74) is 2.38. The largest absolute Gasteiger partial charge is 0.496 e. The maximum Gasteiger partial charge on any atom is 0.255 e. The van der Waals surface area contributed by atoms with Gasteiger partial charge in [0.25, 0.3) is 5.91 Å². The monoisotopic (exact) mass is 327 g/mol. The SMILES string of the molecule is COc1ccc(C23CC4CC(CC(C4)C2)C3)cc1C(=O)NC(C)C. The Labute approximate surface area is 145 Å². The molecule has 0 aromatic heterocycles. The lowest BCUT2D eigenvalue weighted by Crippen LogP contribution is -2.48. The molecule has 4 fully saturated rings. The summed E-state index contributed by atoms with van der Waals surface area (Å²) in [6, 6.07) is 6.48. The lowest BCUT2D eigenvalue weighted by atomic mass is 9.48. The maximum atomic E-state index is 12.6. The van der Waals surface area contributed by atoms with Crippen LogP contribution in [0, 0.1) is 17.8 Å². The molecular formula is C21H29NO2. The smallest absolute Gasteiger partial charge is 0.255 e. The predicted octanol–water partition coefficient (Wildman–Crippen LogP) is 4.30. The molecule has 130 valence electrons. The molecule has 4 saturated carbocycles. The number of hydrogen-bond acceptors (Lipinski definition) is 2. The number of carbonyl (C=O) groups excluding carboxylic acids is 1. The van der Waals surface area contributed by atoms with E-state index < -0.39 is 0 Å². The summed E-state index contributed by atoms with van der Waals surface area (Å²) >= 11 is 0. The Morgan fingerprint density at radius 2 is 1.71 bits per heavy atom. The van der Waals surface area contributed by atoms with Crippen molar-refractivity contribution in [2.75, 3.05) is 7.11 Å². The van der Waals surface area contributed by atoms with E-state index in [1.807, 2.05) is 19.9 Å². The fourth-order valence-corrected chi connectivity index (χ4v) is 6.02. The lowest BCUT2D eigenvalue weighted by Gasteiger charge is -2.57. The Morgan fingerprint density at radius 1 is 1.12 bits per heavy atom. The van der Waals surface area contributed by atoms with E-state index >= 15 is 0 Å². The minimum atomic E-state index is -0.0200. The fraction of sp³-hybridized carbons (Fsp3) is 0.667. The molecule has 1 aromatic rings. The van der Waals surface area contributed by atoms with Crippen molar-refractivity contribution in [3.8, 4) is 5.75 Å².